The summed E-state index contributed by atoms with van der Waals surface area (Å²) in [7, 11) is 1.57. The number of carbonyl (C=O) groups excluding carboxylic acids is 2. The van der Waals surface area contributed by atoms with E-state index < -0.39 is 11.9 Å². The number of hydrogen-bond donors (Lipinski definition) is 1. The molecule has 0 spiro atoms. The second-order valence-corrected chi connectivity index (χ2v) is 3.93. The molecule has 0 radical (unpaired) electrons. The van der Waals surface area contributed by atoms with Crippen molar-refractivity contribution in [2.45, 2.75) is 20.3 Å². The minimum absolute atomic E-state index is 0.269. The molecule has 1 amide bonds. The number of nitrogens with one attached hydrogen (secondary N) is 1. The monoisotopic (exact) mass is 265 g/mol. The van der Waals surface area contributed by atoms with Crippen LogP contribution in [-0.4, -0.2) is 25.6 Å². The van der Waals surface area contributed by atoms with Crippen molar-refractivity contribution in [3.05, 3.63) is 24.3 Å². The zero-order valence-corrected chi connectivity index (χ0v) is 11.4. The molecule has 0 bridgehead atoms. The minimum atomic E-state index is -0.776. The first-order valence-electron chi connectivity index (χ1n) is 6.23. The van der Waals surface area contributed by atoms with Crippen molar-refractivity contribution in [1.82, 2.24) is 0 Å². The zero-order chi connectivity index (χ0) is 14.3. The van der Waals surface area contributed by atoms with E-state index in [0.717, 1.165) is 0 Å². The Morgan fingerprint density at radius 1 is 1.21 bits per heavy atom. The molecule has 5 nitrogen and oxygen atoms in total. The maximum Gasteiger partial charge on any atom is 0.318 e. The second-order valence-electron chi connectivity index (χ2n) is 3.93. The predicted octanol–water partition coefficient (Wildman–Crippen LogP) is 2.22. The summed E-state index contributed by atoms with van der Waals surface area (Å²) >= 11 is 0. The van der Waals surface area contributed by atoms with Crippen molar-refractivity contribution in [3.63, 3.8) is 0 Å². The third-order valence-electron chi connectivity index (χ3n) is 2.65. The number of amides is 1. The third kappa shape index (κ3) is 4.28. The fourth-order valence-electron chi connectivity index (χ4n) is 1.61. The van der Waals surface area contributed by atoms with E-state index in [9.17, 15) is 9.59 Å². The van der Waals surface area contributed by atoms with Gasteiger partial charge in [0.2, 0.25) is 5.91 Å². The Morgan fingerprint density at radius 2 is 1.84 bits per heavy atom. The molecule has 0 aliphatic heterocycles. The number of esters is 1. The van der Waals surface area contributed by atoms with Crippen molar-refractivity contribution < 1.29 is 19.1 Å². The largest absolute Gasteiger partial charge is 0.497 e. The average Bonchev–Trinajstić information content (AvgIpc) is 2.40. The van der Waals surface area contributed by atoms with Crippen molar-refractivity contribution in [2.24, 2.45) is 5.92 Å². The first-order valence-corrected chi connectivity index (χ1v) is 6.23. The van der Waals surface area contributed by atoms with Crippen LogP contribution in [0.1, 0.15) is 20.3 Å². The average molecular weight is 265 g/mol. The van der Waals surface area contributed by atoms with Gasteiger partial charge in [-0.05, 0) is 37.6 Å². The maximum absolute atomic E-state index is 12.0. The van der Waals surface area contributed by atoms with Gasteiger partial charge in [0, 0.05) is 5.69 Å². The highest BCUT2D eigenvalue weighted by molar-refractivity contribution is 6.04. The summed E-state index contributed by atoms with van der Waals surface area (Å²) < 4.78 is 9.90. The molecule has 0 fully saturated rings. The molecule has 1 unspecified atom stereocenters. The summed E-state index contributed by atoms with van der Waals surface area (Å²) in [4.78, 5) is 23.6. The molecule has 1 aromatic carbocycles. The molecular formula is C14H19NO4. The molecule has 0 heterocycles. The molecule has 5 heteroatoms. The molecular weight excluding hydrogens is 246 g/mol. The van der Waals surface area contributed by atoms with Crippen molar-refractivity contribution >= 4 is 17.6 Å². The van der Waals surface area contributed by atoms with Crippen LogP contribution in [0.2, 0.25) is 0 Å². The van der Waals surface area contributed by atoms with E-state index in [1.165, 1.54) is 0 Å². The lowest BCUT2D eigenvalue weighted by Gasteiger charge is -2.13. The van der Waals surface area contributed by atoms with Crippen molar-refractivity contribution in [2.75, 3.05) is 19.0 Å². The van der Waals surface area contributed by atoms with Gasteiger partial charge in [-0.15, -0.1) is 0 Å². The fraction of sp³-hybridized carbons (Fsp3) is 0.429. The molecule has 1 N–H and O–H groups in total. The molecule has 0 aliphatic rings. The van der Waals surface area contributed by atoms with E-state index in [4.69, 9.17) is 9.47 Å². The third-order valence-corrected chi connectivity index (χ3v) is 2.65. The number of benzene rings is 1. The lowest BCUT2D eigenvalue weighted by molar-refractivity contribution is -0.151. The SMILES string of the molecule is CCOC(=O)C(CC)C(=O)Nc1ccc(OC)cc1. The van der Waals surface area contributed by atoms with Crippen molar-refractivity contribution in [3.8, 4) is 5.75 Å². The highest BCUT2D eigenvalue weighted by Crippen LogP contribution is 2.16. The molecule has 0 saturated heterocycles. The first kappa shape index (κ1) is 15.0. The van der Waals surface area contributed by atoms with Gasteiger partial charge in [-0.2, -0.15) is 0 Å². The second kappa shape index (κ2) is 7.41. The topological polar surface area (TPSA) is 64.6 Å². The van der Waals surface area contributed by atoms with Crippen LogP contribution >= 0.6 is 0 Å². The minimum Gasteiger partial charge on any atom is -0.497 e. The molecule has 0 aromatic heterocycles. The number of hydrogen-bond acceptors (Lipinski definition) is 4. The fourth-order valence-corrected chi connectivity index (χ4v) is 1.61. The van der Waals surface area contributed by atoms with Crippen LogP contribution in [0.3, 0.4) is 0 Å². The smallest absolute Gasteiger partial charge is 0.318 e. The summed E-state index contributed by atoms with van der Waals surface area (Å²) in [6.45, 7) is 3.76. The van der Waals surface area contributed by atoms with Gasteiger partial charge in [-0.25, -0.2) is 0 Å². The Balaban J connectivity index is 2.68. The Kier molecular flexibility index (Phi) is 5.85. The van der Waals surface area contributed by atoms with E-state index >= 15 is 0 Å². The van der Waals surface area contributed by atoms with Crippen LogP contribution in [0.25, 0.3) is 0 Å². The Bertz CT molecular complexity index is 428. The predicted molar refractivity (Wildman–Crippen MR) is 72.0 cm³/mol. The van der Waals surface area contributed by atoms with Gasteiger partial charge in [-0.3, -0.25) is 9.59 Å². The lowest BCUT2D eigenvalue weighted by Crippen LogP contribution is -2.30. The van der Waals surface area contributed by atoms with Gasteiger partial charge in [0.25, 0.3) is 0 Å². The standard InChI is InChI=1S/C14H19NO4/c1-4-12(14(17)19-5-2)13(16)15-10-6-8-11(18-3)9-7-10/h6-9,12H,4-5H2,1-3H3,(H,15,16). The van der Waals surface area contributed by atoms with Gasteiger partial charge in [0.05, 0.1) is 13.7 Å². The Hall–Kier alpha value is -2.04. The molecule has 19 heavy (non-hydrogen) atoms. The van der Waals surface area contributed by atoms with Gasteiger partial charge in [-0.1, -0.05) is 6.92 Å². The Morgan fingerprint density at radius 3 is 2.32 bits per heavy atom. The maximum atomic E-state index is 12.0. The summed E-state index contributed by atoms with van der Waals surface area (Å²) in [6, 6.07) is 6.91. The van der Waals surface area contributed by atoms with Crippen LogP contribution in [0.5, 0.6) is 5.75 Å². The van der Waals surface area contributed by atoms with Crippen LogP contribution in [0.15, 0.2) is 24.3 Å². The summed E-state index contributed by atoms with van der Waals surface area (Å²) in [5.74, 6) is -0.917. The highest BCUT2D eigenvalue weighted by atomic mass is 16.5. The van der Waals surface area contributed by atoms with Crippen molar-refractivity contribution in [1.29, 1.82) is 0 Å². The molecule has 0 aliphatic carbocycles. The van der Waals surface area contributed by atoms with E-state index in [2.05, 4.69) is 5.32 Å². The van der Waals surface area contributed by atoms with E-state index in [-0.39, 0.29) is 12.5 Å². The number of ether oxygens (including phenoxy) is 2. The van der Waals surface area contributed by atoms with Gasteiger partial charge < -0.3 is 14.8 Å². The summed E-state index contributed by atoms with van der Waals surface area (Å²) in [6.07, 6.45) is 0.404. The number of carbonyl (C=O) groups is 2. The van der Waals surface area contributed by atoms with Gasteiger partial charge in [0.15, 0.2) is 0 Å². The first-order chi connectivity index (χ1) is 9.12. The molecule has 1 atom stereocenters. The molecule has 0 saturated carbocycles. The van der Waals surface area contributed by atoms with E-state index in [1.54, 1.807) is 45.2 Å². The number of methoxy groups -OCH3 is 1. The summed E-state index contributed by atoms with van der Waals surface area (Å²) in [5.41, 5.74) is 0.619. The number of rotatable bonds is 6. The summed E-state index contributed by atoms with van der Waals surface area (Å²) in [5, 5.41) is 2.69. The molecule has 104 valence electrons. The normalized spacial score (nSPS) is 11.5. The van der Waals surface area contributed by atoms with E-state index in [0.29, 0.717) is 17.9 Å². The highest BCUT2D eigenvalue weighted by Gasteiger charge is 2.25. The van der Waals surface area contributed by atoms with Crippen LogP contribution < -0.4 is 10.1 Å². The van der Waals surface area contributed by atoms with Crippen LogP contribution in [-0.2, 0) is 14.3 Å². The van der Waals surface area contributed by atoms with Crippen LogP contribution in [0, 0.1) is 5.92 Å². The van der Waals surface area contributed by atoms with Gasteiger partial charge >= 0.3 is 5.97 Å². The van der Waals surface area contributed by atoms with E-state index in [1.807, 2.05) is 0 Å². The molecule has 1 aromatic rings. The lowest BCUT2D eigenvalue weighted by atomic mass is 10.1. The molecule has 1 rings (SSSR count). The van der Waals surface area contributed by atoms with Crippen LogP contribution in [0.4, 0.5) is 5.69 Å². The van der Waals surface area contributed by atoms with Gasteiger partial charge in [0.1, 0.15) is 11.7 Å². The Labute approximate surface area is 112 Å². The zero-order valence-electron chi connectivity index (χ0n) is 11.4. The number of anilines is 1. The quantitative estimate of drug-likeness (QED) is 0.632.